The van der Waals surface area contributed by atoms with Crippen LogP contribution < -0.4 is 0 Å². The number of carbonyl (C=O) groups is 2. The molecule has 0 saturated carbocycles. The molecule has 34 heavy (non-hydrogen) atoms. The zero-order valence-corrected chi connectivity index (χ0v) is 17.8. The smallest absolute Gasteiger partial charge is 0.433 e. The van der Waals surface area contributed by atoms with Gasteiger partial charge in [-0.3, -0.25) is 14.6 Å². The number of pyridine rings is 1. The Morgan fingerprint density at radius 2 is 1.44 bits per heavy atom. The number of amides is 1. The minimum Gasteiger partial charge on any atom is -0.481 e. The first-order valence-corrected chi connectivity index (χ1v) is 10.5. The van der Waals surface area contributed by atoms with Gasteiger partial charge in [0.15, 0.2) is 0 Å². The number of carboxylic acid groups (broad SMARTS) is 1. The number of hydrogen-bond donors (Lipinski definition) is 1. The monoisotopic (exact) mass is 472 g/mol. The van der Waals surface area contributed by atoms with Crippen LogP contribution in [0.4, 0.5) is 17.6 Å². The second-order valence-electron chi connectivity index (χ2n) is 8.19. The van der Waals surface area contributed by atoms with Gasteiger partial charge < -0.3 is 10.0 Å². The Balaban J connectivity index is 1.47. The fraction of sp³-hybridized carbons (Fsp3) is 0.240. The molecule has 1 aliphatic heterocycles. The lowest BCUT2D eigenvalue weighted by molar-refractivity contribution is -0.145. The van der Waals surface area contributed by atoms with Crippen LogP contribution in [0, 0.1) is 5.82 Å². The predicted octanol–water partition coefficient (Wildman–Crippen LogP) is 5.17. The van der Waals surface area contributed by atoms with Crippen LogP contribution in [-0.2, 0) is 16.4 Å². The predicted molar refractivity (Wildman–Crippen MR) is 116 cm³/mol. The molecule has 176 valence electrons. The van der Waals surface area contributed by atoms with Crippen LogP contribution in [0.1, 0.15) is 34.5 Å². The van der Waals surface area contributed by atoms with Crippen molar-refractivity contribution in [3.63, 3.8) is 0 Å². The Hall–Kier alpha value is -3.75. The third kappa shape index (κ3) is 4.50. The number of aliphatic carboxylic acids is 1. The highest BCUT2D eigenvalue weighted by molar-refractivity contribution is 5.95. The van der Waals surface area contributed by atoms with Gasteiger partial charge in [0.05, 0.1) is 5.41 Å². The zero-order chi connectivity index (χ0) is 24.5. The van der Waals surface area contributed by atoms with Gasteiger partial charge in [0.25, 0.3) is 5.91 Å². The summed E-state index contributed by atoms with van der Waals surface area (Å²) < 4.78 is 51.6. The molecule has 0 spiro atoms. The summed E-state index contributed by atoms with van der Waals surface area (Å²) in [4.78, 5) is 30.0. The van der Waals surface area contributed by atoms with Gasteiger partial charge in [0.2, 0.25) is 0 Å². The van der Waals surface area contributed by atoms with Crippen LogP contribution in [0.5, 0.6) is 0 Å². The minimum absolute atomic E-state index is 0.0504. The number of aromatic nitrogens is 1. The first-order chi connectivity index (χ1) is 16.1. The van der Waals surface area contributed by atoms with Crippen molar-refractivity contribution in [3.8, 4) is 11.1 Å². The molecule has 0 radical (unpaired) electrons. The zero-order valence-electron chi connectivity index (χ0n) is 17.8. The van der Waals surface area contributed by atoms with E-state index in [0.29, 0.717) is 5.56 Å². The van der Waals surface area contributed by atoms with E-state index in [9.17, 15) is 32.3 Å². The Morgan fingerprint density at radius 1 is 0.882 bits per heavy atom. The van der Waals surface area contributed by atoms with Crippen LogP contribution in [0.15, 0.2) is 66.9 Å². The van der Waals surface area contributed by atoms with E-state index in [1.807, 2.05) is 0 Å². The molecule has 9 heteroatoms. The molecule has 0 atom stereocenters. The second-order valence-corrected chi connectivity index (χ2v) is 8.19. The highest BCUT2D eigenvalue weighted by atomic mass is 19.4. The molecule has 1 fully saturated rings. The van der Waals surface area contributed by atoms with Gasteiger partial charge in [0, 0.05) is 24.8 Å². The average Bonchev–Trinajstić information content (AvgIpc) is 2.84. The van der Waals surface area contributed by atoms with E-state index in [-0.39, 0.29) is 43.2 Å². The summed E-state index contributed by atoms with van der Waals surface area (Å²) in [6, 6.07) is 14.7. The lowest BCUT2D eigenvalue weighted by atomic mass is 9.73. The van der Waals surface area contributed by atoms with E-state index in [4.69, 9.17) is 0 Å². The number of likely N-dealkylation sites (tertiary alicyclic amines) is 1. The van der Waals surface area contributed by atoms with E-state index in [0.717, 1.165) is 29.5 Å². The molecule has 3 aromatic rings. The van der Waals surface area contributed by atoms with E-state index in [1.165, 1.54) is 17.0 Å². The van der Waals surface area contributed by atoms with Crippen molar-refractivity contribution in [1.29, 1.82) is 0 Å². The standard InChI is InChI=1S/C25H20F4N2O3/c26-20-8-5-17(6-9-20)16-1-3-18(4-2-16)22(32)31-13-11-24(12-14-31,23(33)34)19-7-10-21(30-15-19)25(27,28)29/h1-10,15H,11-14H2,(H,33,34). The summed E-state index contributed by atoms with van der Waals surface area (Å²) in [7, 11) is 0. The molecular weight excluding hydrogens is 452 g/mol. The molecular formula is C25H20F4N2O3. The molecule has 0 bridgehead atoms. The number of alkyl halides is 3. The Kier molecular flexibility index (Phi) is 6.12. The minimum atomic E-state index is -4.61. The van der Waals surface area contributed by atoms with E-state index >= 15 is 0 Å². The average molecular weight is 472 g/mol. The van der Waals surface area contributed by atoms with E-state index in [1.54, 1.807) is 36.4 Å². The van der Waals surface area contributed by atoms with Crippen molar-refractivity contribution in [2.45, 2.75) is 24.4 Å². The number of nitrogens with zero attached hydrogens (tertiary/aromatic N) is 2. The largest absolute Gasteiger partial charge is 0.481 e. The third-order valence-electron chi connectivity index (χ3n) is 6.23. The van der Waals surface area contributed by atoms with Gasteiger partial charge >= 0.3 is 12.1 Å². The molecule has 4 rings (SSSR count). The van der Waals surface area contributed by atoms with Gasteiger partial charge in [-0.15, -0.1) is 0 Å². The molecule has 5 nitrogen and oxygen atoms in total. The topological polar surface area (TPSA) is 70.5 Å². The quantitative estimate of drug-likeness (QED) is 0.533. The highest BCUT2D eigenvalue weighted by Gasteiger charge is 2.45. The summed E-state index contributed by atoms with van der Waals surface area (Å²) in [5.74, 6) is -1.77. The molecule has 0 unspecified atom stereocenters. The fourth-order valence-electron chi connectivity index (χ4n) is 4.19. The maximum absolute atomic E-state index is 13.1. The van der Waals surface area contributed by atoms with Crippen LogP contribution in [0.25, 0.3) is 11.1 Å². The lowest BCUT2D eigenvalue weighted by Gasteiger charge is -2.39. The van der Waals surface area contributed by atoms with E-state index in [2.05, 4.69) is 4.98 Å². The van der Waals surface area contributed by atoms with Crippen molar-refractivity contribution in [2.75, 3.05) is 13.1 Å². The number of hydrogen-bond acceptors (Lipinski definition) is 3. The first-order valence-electron chi connectivity index (χ1n) is 10.5. The van der Waals surface area contributed by atoms with E-state index < -0.39 is 23.3 Å². The van der Waals surface area contributed by atoms with Gasteiger partial charge in [-0.2, -0.15) is 13.2 Å². The summed E-state index contributed by atoms with van der Waals surface area (Å²) in [6.45, 7) is 0.262. The second kappa shape index (κ2) is 8.89. The van der Waals surface area contributed by atoms with Crippen LogP contribution in [-0.4, -0.2) is 40.0 Å². The summed E-state index contributed by atoms with van der Waals surface area (Å²) in [5, 5.41) is 9.89. The first kappa shape index (κ1) is 23.4. The number of carbonyl (C=O) groups excluding carboxylic acids is 1. The maximum Gasteiger partial charge on any atom is 0.433 e. The van der Waals surface area contributed by atoms with Crippen molar-refractivity contribution in [2.24, 2.45) is 0 Å². The third-order valence-corrected chi connectivity index (χ3v) is 6.23. The molecule has 2 heterocycles. The number of piperidine rings is 1. The molecule has 1 amide bonds. The fourth-order valence-corrected chi connectivity index (χ4v) is 4.19. The summed E-state index contributed by atoms with van der Waals surface area (Å²) in [5.41, 5.74) is -0.285. The molecule has 2 aromatic carbocycles. The number of rotatable bonds is 4. The Bertz CT molecular complexity index is 1180. The van der Waals surface area contributed by atoms with Crippen LogP contribution in [0.2, 0.25) is 0 Å². The van der Waals surface area contributed by atoms with Crippen molar-refractivity contribution in [1.82, 2.24) is 9.88 Å². The SMILES string of the molecule is O=C(c1ccc(-c2ccc(F)cc2)cc1)N1CCC(C(=O)O)(c2ccc(C(F)(F)F)nc2)CC1. The normalized spacial score (nSPS) is 15.7. The van der Waals surface area contributed by atoms with Crippen LogP contribution >= 0.6 is 0 Å². The molecule has 1 saturated heterocycles. The Labute approximate surface area is 192 Å². The van der Waals surface area contributed by atoms with Crippen molar-refractivity contribution in [3.05, 3.63) is 89.5 Å². The van der Waals surface area contributed by atoms with Crippen molar-refractivity contribution >= 4 is 11.9 Å². The van der Waals surface area contributed by atoms with Crippen molar-refractivity contribution < 1.29 is 32.3 Å². The Morgan fingerprint density at radius 3 is 1.91 bits per heavy atom. The molecule has 1 N–H and O–H groups in total. The summed E-state index contributed by atoms with van der Waals surface area (Å²) in [6.07, 6.45) is -3.55. The number of halogens is 4. The molecule has 1 aromatic heterocycles. The van der Waals surface area contributed by atoms with Gasteiger partial charge in [0.1, 0.15) is 11.5 Å². The number of carboxylic acids is 1. The maximum atomic E-state index is 13.1. The lowest BCUT2D eigenvalue weighted by Crippen LogP contribution is -2.49. The molecule has 0 aliphatic carbocycles. The molecule has 1 aliphatic rings. The van der Waals surface area contributed by atoms with Crippen LogP contribution in [0.3, 0.4) is 0 Å². The number of benzene rings is 2. The summed E-state index contributed by atoms with van der Waals surface area (Å²) >= 11 is 0. The highest BCUT2D eigenvalue weighted by Crippen LogP contribution is 2.37. The van der Waals surface area contributed by atoms with Gasteiger partial charge in [-0.25, -0.2) is 4.39 Å². The van der Waals surface area contributed by atoms with Gasteiger partial charge in [-0.1, -0.05) is 30.3 Å². The van der Waals surface area contributed by atoms with Gasteiger partial charge in [-0.05, 0) is 59.9 Å².